The first-order valence-corrected chi connectivity index (χ1v) is 8.63. The Balaban J connectivity index is 0.00000288. The molecule has 6 nitrogen and oxygen atoms in total. The number of anilines is 1. The van der Waals surface area contributed by atoms with E-state index >= 15 is 0 Å². The zero-order valence-corrected chi connectivity index (χ0v) is 16.1. The normalized spacial score (nSPS) is 16.9. The molecule has 1 aliphatic heterocycles. The first-order valence-electron chi connectivity index (χ1n) is 7.84. The summed E-state index contributed by atoms with van der Waals surface area (Å²) in [6.07, 6.45) is 2.45. The number of nitrogens with one attached hydrogen (secondary N) is 3. The molecule has 2 rings (SSSR count). The van der Waals surface area contributed by atoms with Crippen LogP contribution in [0.2, 0.25) is 0 Å². The van der Waals surface area contributed by atoms with Crippen LogP contribution in [0.25, 0.3) is 0 Å². The van der Waals surface area contributed by atoms with Gasteiger partial charge in [-0.1, -0.05) is 15.9 Å². The van der Waals surface area contributed by atoms with Gasteiger partial charge in [0.05, 0.1) is 0 Å². The number of likely N-dealkylation sites (N-methyl/N-ethyl adjacent to an activating group) is 1. The molecule has 1 aliphatic rings. The highest BCUT2D eigenvalue weighted by Gasteiger charge is 2.22. The monoisotopic (exact) mass is 418 g/mol. The van der Waals surface area contributed by atoms with E-state index in [4.69, 9.17) is 0 Å². The minimum atomic E-state index is -0.299. The number of benzene rings is 1. The van der Waals surface area contributed by atoms with Gasteiger partial charge in [-0.05, 0) is 44.2 Å². The number of nitrogens with zero attached hydrogens (tertiary/aromatic N) is 1. The molecule has 0 bridgehead atoms. The van der Waals surface area contributed by atoms with E-state index in [9.17, 15) is 9.59 Å². The summed E-state index contributed by atoms with van der Waals surface area (Å²) < 4.78 is 0.954. The Morgan fingerprint density at radius 2 is 2.00 bits per heavy atom. The van der Waals surface area contributed by atoms with Crippen molar-refractivity contribution in [1.29, 1.82) is 0 Å². The van der Waals surface area contributed by atoms with E-state index in [0.29, 0.717) is 24.7 Å². The van der Waals surface area contributed by atoms with Gasteiger partial charge in [0.15, 0.2) is 0 Å². The molecule has 3 amide bonds. The smallest absolute Gasteiger partial charge is 0.319 e. The Labute approximate surface area is 157 Å². The number of rotatable bonds is 5. The maximum Gasteiger partial charge on any atom is 0.319 e. The third-order valence-corrected chi connectivity index (χ3v) is 4.44. The van der Waals surface area contributed by atoms with Gasteiger partial charge < -0.3 is 20.9 Å². The van der Waals surface area contributed by atoms with Crippen molar-refractivity contribution in [3.63, 3.8) is 0 Å². The van der Waals surface area contributed by atoms with Gasteiger partial charge in [0, 0.05) is 42.3 Å². The quantitative estimate of drug-likeness (QED) is 0.687. The van der Waals surface area contributed by atoms with Crippen LogP contribution in [0.5, 0.6) is 0 Å². The van der Waals surface area contributed by atoms with Crippen LogP contribution in [0, 0.1) is 0 Å². The fourth-order valence-electron chi connectivity index (χ4n) is 2.59. The topological polar surface area (TPSA) is 73.5 Å². The summed E-state index contributed by atoms with van der Waals surface area (Å²) in [5, 5.41) is 8.67. The van der Waals surface area contributed by atoms with Crippen LogP contribution in [-0.2, 0) is 4.79 Å². The predicted octanol–water partition coefficient (Wildman–Crippen LogP) is 2.59. The largest absolute Gasteiger partial charge is 0.341 e. The van der Waals surface area contributed by atoms with Crippen LogP contribution in [0.15, 0.2) is 28.7 Å². The third kappa shape index (κ3) is 6.67. The maximum absolute atomic E-state index is 12.2. The van der Waals surface area contributed by atoms with Crippen LogP contribution in [-0.4, -0.2) is 49.6 Å². The van der Waals surface area contributed by atoms with Crippen molar-refractivity contribution in [1.82, 2.24) is 15.5 Å². The second-order valence-electron chi connectivity index (χ2n) is 5.61. The lowest BCUT2D eigenvalue weighted by Crippen LogP contribution is -2.47. The van der Waals surface area contributed by atoms with E-state index in [1.807, 2.05) is 24.1 Å². The molecule has 1 atom stereocenters. The van der Waals surface area contributed by atoms with Crippen LogP contribution in [0.1, 0.15) is 19.3 Å². The minimum Gasteiger partial charge on any atom is -0.341 e. The first-order chi connectivity index (χ1) is 11.1. The first kappa shape index (κ1) is 20.7. The number of hydrogen-bond acceptors (Lipinski definition) is 3. The average Bonchev–Trinajstić information content (AvgIpc) is 2.57. The molecule has 0 spiro atoms. The van der Waals surface area contributed by atoms with E-state index in [0.717, 1.165) is 30.4 Å². The lowest BCUT2D eigenvalue weighted by Gasteiger charge is -2.32. The number of amides is 3. The molecule has 8 heteroatoms. The SMILES string of the molecule is CNC1CCCN(C(=O)CCNC(=O)Nc2ccc(Br)cc2)C1.Cl. The molecular weight excluding hydrogens is 396 g/mol. The number of urea groups is 1. The Kier molecular flexibility index (Phi) is 9.10. The molecule has 1 saturated heterocycles. The fourth-order valence-corrected chi connectivity index (χ4v) is 2.85. The second kappa shape index (κ2) is 10.5. The number of carbonyl (C=O) groups excluding carboxylic acids is 2. The van der Waals surface area contributed by atoms with Gasteiger partial charge in [0.25, 0.3) is 0 Å². The van der Waals surface area contributed by atoms with E-state index in [2.05, 4.69) is 31.9 Å². The highest BCUT2D eigenvalue weighted by atomic mass is 79.9. The number of hydrogen-bond donors (Lipinski definition) is 3. The van der Waals surface area contributed by atoms with Crippen molar-refractivity contribution in [2.45, 2.75) is 25.3 Å². The van der Waals surface area contributed by atoms with E-state index in [1.165, 1.54) is 0 Å². The molecule has 134 valence electrons. The zero-order valence-electron chi connectivity index (χ0n) is 13.7. The Hall–Kier alpha value is -1.31. The molecule has 0 radical (unpaired) electrons. The van der Waals surface area contributed by atoms with Gasteiger partial charge in [-0.15, -0.1) is 12.4 Å². The van der Waals surface area contributed by atoms with Gasteiger partial charge in [-0.25, -0.2) is 4.79 Å². The van der Waals surface area contributed by atoms with Crippen molar-refractivity contribution >= 4 is 46.0 Å². The third-order valence-electron chi connectivity index (χ3n) is 3.91. The van der Waals surface area contributed by atoms with E-state index in [-0.39, 0.29) is 24.3 Å². The van der Waals surface area contributed by atoms with E-state index in [1.54, 1.807) is 12.1 Å². The van der Waals surface area contributed by atoms with Gasteiger partial charge in [-0.2, -0.15) is 0 Å². The van der Waals surface area contributed by atoms with Gasteiger partial charge >= 0.3 is 6.03 Å². The van der Waals surface area contributed by atoms with Crippen LogP contribution in [0.4, 0.5) is 10.5 Å². The zero-order chi connectivity index (χ0) is 16.7. The van der Waals surface area contributed by atoms with Crippen LogP contribution in [0.3, 0.4) is 0 Å². The molecule has 1 fully saturated rings. The Bertz CT molecular complexity index is 541. The Morgan fingerprint density at radius 3 is 2.67 bits per heavy atom. The van der Waals surface area contributed by atoms with Gasteiger partial charge in [-0.3, -0.25) is 4.79 Å². The number of halogens is 2. The molecular formula is C16H24BrClN4O2. The Morgan fingerprint density at radius 1 is 1.29 bits per heavy atom. The van der Waals surface area contributed by atoms with Crippen molar-refractivity contribution in [2.24, 2.45) is 0 Å². The summed E-state index contributed by atoms with van der Waals surface area (Å²) in [6, 6.07) is 7.40. The van der Waals surface area contributed by atoms with Crippen molar-refractivity contribution in [2.75, 3.05) is 32.0 Å². The minimum absolute atomic E-state index is 0. The lowest BCUT2D eigenvalue weighted by molar-refractivity contribution is -0.132. The second-order valence-corrected chi connectivity index (χ2v) is 6.52. The number of carbonyl (C=O) groups is 2. The summed E-state index contributed by atoms with van der Waals surface area (Å²) in [6.45, 7) is 1.89. The molecule has 3 N–H and O–H groups in total. The average molecular weight is 420 g/mol. The summed E-state index contributed by atoms with van der Waals surface area (Å²) >= 11 is 3.34. The number of likely N-dealkylation sites (tertiary alicyclic amines) is 1. The molecule has 1 heterocycles. The number of piperidine rings is 1. The summed E-state index contributed by atoms with van der Waals surface area (Å²) in [5.41, 5.74) is 0.713. The van der Waals surface area contributed by atoms with Crippen molar-refractivity contribution in [3.8, 4) is 0 Å². The highest BCUT2D eigenvalue weighted by Crippen LogP contribution is 2.14. The molecule has 0 saturated carbocycles. The molecule has 1 unspecified atom stereocenters. The van der Waals surface area contributed by atoms with Crippen molar-refractivity contribution in [3.05, 3.63) is 28.7 Å². The summed E-state index contributed by atoms with van der Waals surface area (Å²) in [7, 11) is 1.92. The molecule has 1 aromatic carbocycles. The van der Waals surface area contributed by atoms with E-state index < -0.39 is 0 Å². The predicted molar refractivity (Wildman–Crippen MR) is 102 cm³/mol. The highest BCUT2D eigenvalue weighted by molar-refractivity contribution is 9.10. The molecule has 24 heavy (non-hydrogen) atoms. The van der Waals surface area contributed by atoms with Crippen LogP contribution >= 0.6 is 28.3 Å². The van der Waals surface area contributed by atoms with Crippen molar-refractivity contribution < 1.29 is 9.59 Å². The van der Waals surface area contributed by atoms with Crippen LogP contribution < -0.4 is 16.0 Å². The maximum atomic E-state index is 12.2. The lowest BCUT2D eigenvalue weighted by atomic mass is 10.1. The molecule has 0 aliphatic carbocycles. The molecule has 1 aromatic rings. The standard InChI is InChI=1S/C16H23BrN4O2.ClH/c1-18-14-3-2-10-21(11-14)15(22)8-9-19-16(23)20-13-6-4-12(17)5-7-13;/h4-7,14,18H,2-3,8-11H2,1H3,(H2,19,20,23);1H. The summed E-state index contributed by atoms with van der Waals surface area (Å²) in [5.74, 6) is 0.0916. The van der Waals surface area contributed by atoms with Gasteiger partial charge in [0.1, 0.15) is 0 Å². The van der Waals surface area contributed by atoms with Gasteiger partial charge in [0.2, 0.25) is 5.91 Å². The molecule has 0 aromatic heterocycles. The summed E-state index contributed by atoms with van der Waals surface area (Å²) in [4.78, 5) is 25.8. The fraction of sp³-hybridized carbons (Fsp3) is 0.500.